The van der Waals surface area contributed by atoms with Crippen LogP contribution in [-0.4, -0.2) is 20.7 Å². The summed E-state index contributed by atoms with van der Waals surface area (Å²) in [7, 11) is 0. The van der Waals surface area contributed by atoms with Gasteiger partial charge >= 0.3 is 0 Å². The molecule has 8 heteroatoms. The van der Waals surface area contributed by atoms with Gasteiger partial charge in [-0.3, -0.25) is 9.78 Å². The standard InChI is InChI=1S/C16H11F3N4O/c1-9-6-15(21-16(24)11-4-5-20-8-13(11)19)22-23(9)14-3-2-10(17)7-12(14)18/h2-8H,1H3,(H,21,22,24). The number of pyridine rings is 1. The van der Waals surface area contributed by atoms with Gasteiger partial charge in [-0.2, -0.15) is 0 Å². The van der Waals surface area contributed by atoms with Gasteiger partial charge in [0, 0.05) is 24.0 Å². The number of carbonyl (C=O) groups excluding carboxylic acids is 1. The molecule has 0 atom stereocenters. The van der Waals surface area contributed by atoms with Crippen molar-refractivity contribution in [3.8, 4) is 5.69 Å². The van der Waals surface area contributed by atoms with Crippen LogP contribution in [0.15, 0.2) is 42.7 Å². The van der Waals surface area contributed by atoms with Gasteiger partial charge in [-0.1, -0.05) is 0 Å². The quantitative estimate of drug-likeness (QED) is 0.801. The van der Waals surface area contributed by atoms with E-state index < -0.39 is 23.4 Å². The fourth-order valence-electron chi connectivity index (χ4n) is 2.18. The molecule has 0 saturated carbocycles. The number of aryl methyl sites for hydroxylation is 1. The molecule has 0 saturated heterocycles. The van der Waals surface area contributed by atoms with Crippen molar-refractivity contribution >= 4 is 11.7 Å². The maximum absolute atomic E-state index is 13.9. The third-order valence-corrected chi connectivity index (χ3v) is 3.28. The van der Waals surface area contributed by atoms with Crippen LogP contribution in [0.25, 0.3) is 5.69 Å². The summed E-state index contributed by atoms with van der Waals surface area (Å²) in [5, 5.41) is 6.48. The smallest absolute Gasteiger partial charge is 0.259 e. The zero-order valence-electron chi connectivity index (χ0n) is 12.4. The van der Waals surface area contributed by atoms with Crippen LogP contribution in [0.3, 0.4) is 0 Å². The highest BCUT2D eigenvalue weighted by molar-refractivity contribution is 6.03. The Morgan fingerprint density at radius 3 is 2.62 bits per heavy atom. The molecule has 5 nitrogen and oxygen atoms in total. The first-order valence-corrected chi connectivity index (χ1v) is 6.88. The molecule has 0 aliphatic rings. The zero-order valence-corrected chi connectivity index (χ0v) is 12.4. The van der Waals surface area contributed by atoms with Gasteiger partial charge in [0.1, 0.15) is 11.5 Å². The van der Waals surface area contributed by atoms with Crippen LogP contribution >= 0.6 is 0 Å². The third-order valence-electron chi connectivity index (χ3n) is 3.28. The minimum atomic E-state index is -0.792. The molecule has 0 radical (unpaired) electrons. The predicted octanol–water partition coefficient (Wildman–Crippen LogP) is 3.25. The molecule has 24 heavy (non-hydrogen) atoms. The molecule has 0 unspecified atom stereocenters. The van der Waals surface area contributed by atoms with Crippen molar-refractivity contribution in [1.29, 1.82) is 0 Å². The average molecular weight is 332 g/mol. The second-order valence-corrected chi connectivity index (χ2v) is 4.99. The second-order valence-electron chi connectivity index (χ2n) is 4.99. The molecule has 3 rings (SSSR count). The van der Waals surface area contributed by atoms with Crippen LogP contribution in [0.4, 0.5) is 19.0 Å². The molecular weight excluding hydrogens is 321 g/mol. The van der Waals surface area contributed by atoms with Crippen LogP contribution in [0.5, 0.6) is 0 Å². The van der Waals surface area contributed by atoms with Crippen LogP contribution < -0.4 is 5.32 Å². The van der Waals surface area contributed by atoms with E-state index in [9.17, 15) is 18.0 Å². The van der Waals surface area contributed by atoms with Gasteiger partial charge in [0.15, 0.2) is 17.5 Å². The summed E-state index contributed by atoms with van der Waals surface area (Å²) in [6.07, 6.45) is 2.21. The number of hydrogen-bond donors (Lipinski definition) is 1. The molecule has 0 bridgehead atoms. The Morgan fingerprint density at radius 1 is 1.12 bits per heavy atom. The van der Waals surface area contributed by atoms with E-state index >= 15 is 0 Å². The molecule has 1 N–H and O–H groups in total. The highest BCUT2D eigenvalue weighted by atomic mass is 19.1. The van der Waals surface area contributed by atoms with Crippen molar-refractivity contribution in [2.75, 3.05) is 5.32 Å². The van der Waals surface area contributed by atoms with Gasteiger partial charge in [0.05, 0.1) is 11.8 Å². The lowest BCUT2D eigenvalue weighted by Gasteiger charge is -2.05. The third kappa shape index (κ3) is 2.98. The topological polar surface area (TPSA) is 59.8 Å². The first-order chi connectivity index (χ1) is 11.5. The summed E-state index contributed by atoms with van der Waals surface area (Å²) in [6.45, 7) is 1.64. The molecule has 0 fully saturated rings. The number of nitrogens with one attached hydrogen (secondary N) is 1. The Balaban J connectivity index is 1.89. The minimum Gasteiger partial charge on any atom is -0.305 e. The normalized spacial score (nSPS) is 10.7. The zero-order chi connectivity index (χ0) is 17.3. The van der Waals surface area contributed by atoms with Crippen molar-refractivity contribution in [2.24, 2.45) is 0 Å². The van der Waals surface area contributed by atoms with E-state index in [1.54, 1.807) is 6.92 Å². The van der Waals surface area contributed by atoms with E-state index in [4.69, 9.17) is 0 Å². The van der Waals surface area contributed by atoms with Crippen LogP contribution in [-0.2, 0) is 0 Å². The van der Waals surface area contributed by atoms with E-state index in [-0.39, 0.29) is 17.1 Å². The second kappa shape index (κ2) is 6.15. The number of carbonyl (C=O) groups is 1. The van der Waals surface area contributed by atoms with E-state index in [0.717, 1.165) is 18.3 Å². The molecule has 3 aromatic rings. The molecule has 122 valence electrons. The molecule has 1 amide bonds. The molecule has 0 aliphatic carbocycles. The number of benzene rings is 1. The van der Waals surface area contributed by atoms with Gasteiger partial charge in [0.2, 0.25) is 0 Å². The highest BCUT2D eigenvalue weighted by Crippen LogP contribution is 2.19. The predicted molar refractivity (Wildman–Crippen MR) is 80.4 cm³/mol. The lowest BCUT2D eigenvalue weighted by molar-refractivity contribution is 0.102. The van der Waals surface area contributed by atoms with E-state index in [0.29, 0.717) is 5.69 Å². The number of anilines is 1. The van der Waals surface area contributed by atoms with E-state index in [1.165, 1.54) is 29.1 Å². The lowest BCUT2D eigenvalue weighted by atomic mass is 10.2. The Kier molecular flexibility index (Phi) is 4.03. The van der Waals surface area contributed by atoms with Crippen molar-refractivity contribution in [2.45, 2.75) is 6.92 Å². The summed E-state index contributed by atoms with van der Waals surface area (Å²) in [4.78, 5) is 15.6. The number of nitrogens with zero attached hydrogens (tertiary/aromatic N) is 3. The number of rotatable bonds is 3. The van der Waals surface area contributed by atoms with Gasteiger partial charge in [0.25, 0.3) is 5.91 Å². The Morgan fingerprint density at radius 2 is 1.92 bits per heavy atom. The first-order valence-electron chi connectivity index (χ1n) is 6.88. The molecule has 2 aromatic heterocycles. The average Bonchev–Trinajstić information content (AvgIpc) is 2.88. The summed E-state index contributed by atoms with van der Waals surface area (Å²) < 4.78 is 41.6. The lowest BCUT2D eigenvalue weighted by Crippen LogP contribution is -2.14. The van der Waals surface area contributed by atoms with Crippen LogP contribution in [0.1, 0.15) is 16.1 Å². The maximum Gasteiger partial charge on any atom is 0.259 e. The first kappa shape index (κ1) is 15.7. The van der Waals surface area contributed by atoms with Gasteiger partial charge in [-0.15, -0.1) is 5.10 Å². The molecule has 1 aromatic carbocycles. The number of amides is 1. The SMILES string of the molecule is Cc1cc(NC(=O)c2ccncc2F)nn1-c1ccc(F)cc1F. The van der Waals surface area contributed by atoms with Crippen molar-refractivity contribution < 1.29 is 18.0 Å². The Bertz CT molecular complexity index is 923. The highest BCUT2D eigenvalue weighted by Gasteiger charge is 2.15. The van der Waals surface area contributed by atoms with Crippen LogP contribution in [0, 0.1) is 24.4 Å². The largest absolute Gasteiger partial charge is 0.305 e. The van der Waals surface area contributed by atoms with E-state index in [2.05, 4.69) is 15.4 Å². The summed E-state index contributed by atoms with van der Waals surface area (Å²) >= 11 is 0. The molecule has 0 spiro atoms. The van der Waals surface area contributed by atoms with Crippen molar-refractivity contribution in [1.82, 2.24) is 14.8 Å². The Hall–Kier alpha value is -3.16. The number of halogens is 3. The van der Waals surface area contributed by atoms with Crippen molar-refractivity contribution in [3.05, 3.63) is 71.4 Å². The summed E-state index contributed by atoms with van der Waals surface area (Å²) in [5.41, 5.74) is 0.348. The van der Waals surface area contributed by atoms with E-state index in [1.807, 2.05) is 0 Å². The van der Waals surface area contributed by atoms with Gasteiger partial charge in [-0.25, -0.2) is 17.9 Å². The molecule has 0 aliphatic heterocycles. The van der Waals surface area contributed by atoms with Crippen LogP contribution in [0.2, 0.25) is 0 Å². The van der Waals surface area contributed by atoms with Crippen molar-refractivity contribution in [3.63, 3.8) is 0 Å². The molecular formula is C16H11F3N4O. The fraction of sp³-hybridized carbons (Fsp3) is 0.0625. The summed E-state index contributed by atoms with van der Waals surface area (Å²) in [5.74, 6) is -2.87. The number of aromatic nitrogens is 3. The van der Waals surface area contributed by atoms with Gasteiger partial charge in [-0.05, 0) is 25.1 Å². The Labute approximate surface area is 134 Å². The van der Waals surface area contributed by atoms with Gasteiger partial charge < -0.3 is 5.32 Å². The number of hydrogen-bond acceptors (Lipinski definition) is 3. The fourth-order valence-corrected chi connectivity index (χ4v) is 2.18. The maximum atomic E-state index is 13.9. The monoisotopic (exact) mass is 332 g/mol. The minimum absolute atomic E-state index is 0.0319. The summed E-state index contributed by atoms with van der Waals surface area (Å²) in [6, 6.07) is 5.79. The molecule has 2 heterocycles.